The molecule has 3 amide bonds. The van der Waals surface area contributed by atoms with Crippen molar-refractivity contribution in [3.8, 4) is 6.01 Å². The highest BCUT2D eigenvalue weighted by molar-refractivity contribution is 6.39. The smallest absolute Gasteiger partial charge is 0.422 e. The van der Waals surface area contributed by atoms with Crippen LogP contribution in [0, 0.1) is 0 Å². The summed E-state index contributed by atoms with van der Waals surface area (Å²) in [5, 5.41) is 22.3. The quantitative estimate of drug-likeness (QED) is 0.0764. The predicted molar refractivity (Wildman–Crippen MR) is 179 cm³/mol. The Bertz CT molecular complexity index is 2010. The molecule has 3 aromatic carbocycles. The molecule has 1 heterocycles. The third-order valence-electron chi connectivity index (χ3n) is 7.63. The van der Waals surface area contributed by atoms with Gasteiger partial charge >= 0.3 is 36.1 Å². The summed E-state index contributed by atoms with van der Waals surface area (Å²) < 4.78 is 81.7. The molecule has 21 heteroatoms. The fourth-order valence-corrected chi connectivity index (χ4v) is 4.88. The molecule has 0 spiro atoms. The number of hydrogen-bond donors (Lipinski definition) is 6. The number of benzene rings is 3. The van der Waals surface area contributed by atoms with Crippen LogP contribution in [-0.2, 0) is 26.1 Å². The lowest BCUT2D eigenvalue weighted by atomic mass is 10.1. The van der Waals surface area contributed by atoms with Gasteiger partial charge in [-0.25, -0.2) is 4.79 Å². The second kappa shape index (κ2) is 15.8. The zero-order valence-corrected chi connectivity index (χ0v) is 28.1. The molecule has 1 atom stereocenters. The van der Waals surface area contributed by atoms with E-state index in [1.54, 1.807) is 24.3 Å². The number of nitrogens with one attached hydrogen (secondary N) is 5. The number of anilines is 4. The van der Waals surface area contributed by atoms with Crippen molar-refractivity contribution in [3.05, 3.63) is 94.5 Å². The Balaban J connectivity index is 1.20. The Kier molecular flexibility index (Phi) is 11.4. The number of carbonyl (C=O) groups excluding carboxylic acids is 3. The lowest BCUT2D eigenvalue weighted by Crippen LogP contribution is -2.50. The number of nitrogens with zero attached hydrogens (tertiary/aromatic N) is 3. The summed E-state index contributed by atoms with van der Waals surface area (Å²) in [6.45, 7) is -2.41. The molecule has 0 bridgehead atoms. The van der Waals surface area contributed by atoms with Gasteiger partial charge in [-0.2, -0.15) is 41.3 Å². The fraction of sp³-hybridized carbons (Fsp3) is 0.242. The van der Waals surface area contributed by atoms with Crippen LogP contribution < -0.4 is 31.3 Å². The van der Waals surface area contributed by atoms with E-state index < -0.39 is 72.3 Å². The third-order valence-corrected chi connectivity index (χ3v) is 7.88. The number of ether oxygens (including phenoxy) is 1. The molecule has 5 rings (SSSR count). The molecule has 1 aliphatic rings. The number of carboxylic acid groups (broad SMARTS) is 1. The standard InChI is InChI=1S/C33H27ClF6N8O6/c34-20-7-3-18(4-8-20)31(13-14-31)48-29-45-28(46-30(47-29)54-16-32(35,36)37)43-22-9-1-17(2-10-22)24(49)44-23(27(52)53)15-41-25(50)26(51)42-21-11-5-19(6-12-21)33(38,39)40/h1-12,23H,13-16H2,(H,41,50)(H,42,51)(H,44,49)(H,52,53)(H2,43,45,46,47,48)/t23-/m0/s1. The van der Waals surface area contributed by atoms with Gasteiger partial charge < -0.3 is 36.4 Å². The van der Waals surface area contributed by atoms with Gasteiger partial charge in [0.05, 0.1) is 11.1 Å². The summed E-state index contributed by atoms with van der Waals surface area (Å²) >= 11 is 6.00. The Labute approximate surface area is 305 Å². The van der Waals surface area contributed by atoms with E-state index in [2.05, 4.69) is 36.2 Å². The van der Waals surface area contributed by atoms with Crippen LogP contribution in [-0.4, -0.2) is 69.1 Å². The van der Waals surface area contributed by atoms with E-state index in [1.165, 1.54) is 24.3 Å². The number of carbonyl (C=O) groups is 4. The van der Waals surface area contributed by atoms with Gasteiger partial charge in [-0.1, -0.05) is 23.7 Å². The molecule has 4 aromatic rings. The van der Waals surface area contributed by atoms with E-state index in [0.717, 1.165) is 17.7 Å². The molecule has 1 aliphatic carbocycles. The average Bonchev–Trinajstić information content (AvgIpc) is 3.89. The minimum Gasteiger partial charge on any atom is -0.480 e. The first-order valence-electron chi connectivity index (χ1n) is 15.6. The van der Waals surface area contributed by atoms with Crippen molar-refractivity contribution >= 4 is 58.6 Å². The maximum absolute atomic E-state index is 12.9. The predicted octanol–water partition coefficient (Wildman–Crippen LogP) is 5.27. The van der Waals surface area contributed by atoms with E-state index in [0.29, 0.717) is 30.0 Å². The molecular weight excluding hydrogens is 754 g/mol. The Morgan fingerprint density at radius 3 is 2.00 bits per heavy atom. The van der Waals surface area contributed by atoms with Gasteiger partial charge in [-0.05, 0) is 79.1 Å². The van der Waals surface area contributed by atoms with Gasteiger partial charge in [0.25, 0.3) is 5.91 Å². The van der Waals surface area contributed by atoms with Crippen molar-refractivity contribution in [3.63, 3.8) is 0 Å². The zero-order valence-electron chi connectivity index (χ0n) is 27.3. The number of aromatic nitrogens is 3. The average molecular weight is 781 g/mol. The van der Waals surface area contributed by atoms with Gasteiger partial charge in [-0.3, -0.25) is 14.4 Å². The molecule has 1 aromatic heterocycles. The van der Waals surface area contributed by atoms with E-state index in [1.807, 2.05) is 5.32 Å². The first-order chi connectivity index (χ1) is 25.4. The van der Waals surface area contributed by atoms with Crippen molar-refractivity contribution in [2.24, 2.45) is 0 Å². The molecular formula is C33H27ClF6N8O6. The van der Waals surface area contributed by atoms with Crippen LogP contribution >= 0.6 is 11.6 Å². The SMILES string of the molecule is O=C(NC[C@H](NC(=O)c1ccc(Nc2nc(NC3(c4ccc(Cl)cc4)CC3)nc(OCC(F)(F)F)n2)cc1)C(=O)O)C(=O)Nc1ccc(C(F)(F)F)cc1. The van der Waals surface area contributed by atoms with Crippen LogP contribution in [0.4, 0.5) is 49.6 Å². The molecule has 0 unspecified atom stereocenters. The summed E-state index contributed by atoms with van der Waals surface area (Å²) in [5.41, 5.74) is -0.659. The van der Waals surface area contributed by atoms with Gasteiger partial charge in [0.1, 0.15) is 6.04 Å². The second-order valence-electron chi connectivity index (χ2n) is 11.7. The molecule has 0 saturated heterocycles. The maximum atomic E-state index is 12.9. The molecule has 14 nitrogen and oxygen atoms in total. The lowest BCUT2D eigenvalue weighted by Gasteiger charge is -2.19. The summed E-state index contributed by atoms with van der Waals surface area (Å²) in [6.07, 6.45) is -7.95. The number of aliphatic carboxylic acids is 1. The van der Waals surface area contributed by atoms with Crippen LogP contribution in [0.5, 0.6) is 6.01 Å². The summed E-state index contributed by atoms with van der Waals surface area (Å²) in [5.74, 6) is -5.40. The van der Waals surface area contributed by atoms with Crippen molar-refractivity contribution in [2.75, 3.05) is 29.1 Å². The fourth-order valence-electron chi connectivity index (χ4n) is 4.75. The largest absolute Gasteiger partial charge is 0.480 e. The number of amides is 3. The third kappa shape index (κ3) is 10.7. The summed E-state index contributed by atoms with van der Waals surface area (Å²) in [7, 11) is 0. The first kappa shape index (κ1) is 39.0. The zero-order chi connectivity index (χ0) is 39.3. The number of rotatable bonds is 13. The Hall–Kier alpha value is -6.18. The minimum atomic E-state index is -4.68. The molecule has 54 heavy (non-hydrogen) atoms. The van der Waals surface area contributed by atoms with Crippen LogP contribution in [0.2, 0.25) is 5.02 Å². The van der Waals surface area contributed by atoms with Crippen LogP contribution in [0.15, 0.2) is 72.8 Å². The van der Waals surface area contributed by atoms with Gasteiger partial charge in [-0.15, -0.1) is 0 Å². The van der Waals surface area contributed by atoms with Crippen molar-refractivity contribution in [1.82, 2.24) is 25.6 Å². The molecule has 1 saturated carbocycles. The Morgan fingerprint density at radius 1 is 0.815 bits per heavy atom. The highest BCUT2D eigenvalue weighted by atomic mass is 35.5. The second-order valence-corrected chi connectivity index (χ2v) is 12.1. The maximum Gasteiger partial charge on any atom is 0.422 e. The molecule has 0 aliphatic heterocycles. The summed E-state index contributed by atoms with van der Waals surface area (Å²) in [4.78, 5) is 61.2. The van der Waals surface area contributed by atoms with Crippen LogP contribution in [0.1, 0.15) is 34.3 Å². The van der Waals surface area contributed by atoms with E-state index in [-0.39, 0.29) is 28.8 Å². The molecule has 6 N–H and O–H groups in total. The number of halogens is 7. The van der Waals surface area contributed by atoms with Gasteiger partial charge in [0.15, 0.2) is 6.61 Å². The minimum absolute atomic E-state index is 0.0518. The van der Waals surface area contributed by atoms with Gasteiger partial charge in [0, 0.05) is 28.5 Å². The number of hydrogen-bond acceptors (Lipinski definition) is 10. The van der Waals surface area contributed by atoms with Crippen molar-refractivity contribution in [2.45, 2.75) is 36.8 Å². The highest BCUT2D eigenvalue weighted by Gasteiger charge is 2.45. The topological polar surface area (TPSA) is 197 Å². The van der Waals surface area contributed by atoms with Crippen LogP contribution in [0.25, 0.3) is 0 Å². The molecule has 1 fully saturated rings. The van der Waals surface area contributed by atoms with Crippen molar-refractivity contribution in [1.29, 1.82) is 0 Å². The monoisotopic (exact) mass is 780 g/mol. The summed E-state index contributed by atoms with van der Waals surface area (Å²) in [6, 6.07) is 13.1. The normalized spacial score (nSPS) is 13.9. The first-order valence-corrected chi connectivity index (χ1v) is 15.9. The molecule has 0 radical (unpaired) electrons. The lowest BCUT2D eigenvalue weighted by molar-refractivity contribution is -0.154. The number of carboxylic acids is 1. The Morgan fingerprint density at radius 2 is 1.43 bits per heavy atom. The van der Waals surface area contributed by atoms with E-state index >= 15 is 0 Å². The van der Waals surface area contributed by atoms with Crippen molar-refractivity contribution < 1.29 is 55.4 Å². The van der Waals surface area contributed by atoms with E-state index in [4.69, 9.17) is 16.3 Å². The van der Waals surface area contributed by atoms with E-state index in [9.17, 15) is 50.6 Å². The van der Waals surface area contributed by atoms with Gasteiger partial charge in [0.2, 0.25) is 11.9 Å². The number of alkyl halides is 6. The molecule has 284 valence electrons. The highest BCUT2D eigenvalue weighted by Crippen LogP contribution is 2.48. The van der Waals surface area contributed by atoms with Crippen LogP contribution in [0.3, 0.4) is 0 Å².